The predicted octanol–water partition coefficient (Wildman–Crippen LogP) is 2.01. The number of H-pyrrole nitrogens is 1. The van der Waals surface area contributed by atoms with E-state index in [1.165, 1.54) is 0 Å². The fourth-order valence-electron chi connectivity index (χ4n) is 2.11. The second kappa shape index (κ2) is 4.02. The summed E-state index contributed by atoms with van der Waals surface area (Å²) in [6, 6.07) is 7.71. The summed E-state index contributed by atoms with van der Waals surface area (Å²) in [7, 11) is 1.90. The van der Waals surface area contributed by atoms with Crippen LogP contribution in [0.1, 0.15) is 0 Å². The topological polar surface area (TPSA) is 85.4 Å². The number of nitrogens with zero attached hydrogens (tertiary/aromatic N) is 5. The Balaban J connectivity index is 1.81. The van der Waals surface area contributed by atoms with Crippen molar-refractivity contribution >= 4 is 10.9 Å². The van der Waals surface area contributed by atoms with Crippen molar-refractivity contribution in [1.82, 2.24) is 30.1 Å². The van der Waals surface area contributed by atoms with Crippen LogP contribution in [0, 0.1) is 0 Å². The van der Waals surface area contributed by atoms with Crippen LogP contribution >= 0.6 is 0 Å². The molecule has 0 fully saturated rings. The number of rotatable bonds is 2. The van der Waals surface area contributed by atoms with E-state index in [4.69, 9.17) is 4.52 Å². The summed E-state index contributed by atoms with van der Waals surface area (Å²) >= 11 is 0. The second-order valence-electron chi connectivity index (χ2n) is 4.44. The van der Waals surface area contributed by atoms with Crippen molar-refractivity contribution in [2.45, 2.75) is 0 Å². The number of aromatic amines is 1. The van der Waals surface area contributed by atoms with Crippen molar-refractivity contribution in [3.63, 3.8) is 0 Å². The molecule has 4 rings (SSSR count). The van der Waals surface area contributed by atoms with Gasteiger partial charge < -0.3 is 4.52 Å². The Hall–Kier alpha value is -2.96. The molecule has 20 heavy (non-hydrogen) atoms. The van der Waals surface area contributed by atoms with Crippen molar-refractivity contribution in [2.24, 2.45) is 7.05 Å². The zero-order valence-corrected chi connectivity index (χ0v) is 10.6. The lowest BCUT2D eigenvalue weighted by Gasteiger charge is -1.97. The van der Waals surface area contributed by atoms with Crippen molar-refractivity contribution in [1.29, 1.82) is 0 Å². The summed E-state index contributed by atoms with van der Waals surface area (Å²) in [5, 5.41) is 15.9. The van der Waals surface area contributed by atoms with E-state index in [1.807, 2.05) is 36.1 Å². The first kappa shape index (κ1) is 10.9. The summed E-state index contributed by atoms with van der Waals surface area (Å²) in [6.07, 6.45) is 3.46. The highest BCUT2D eigenvalue weighted by atomic mass is 16.5. The number of hydrogen-bond acceptors (Lipinski definition) is 5. The molecule has 4 aromatic rings. The molecule has 3 heterocycles. The molecule has 0 bridgehead atoms. The molecule has 0 saturated carbocycles. The van der Waals surface area contributed by atoms with Crippen molar-refractivity contribution in [2.75, 3.05) is 0 Å². The molecule has 0 atom stereocenters. The smallest absolute Gasteiger partial charge is 0.276 e. The number of hydrogen-bond donors (Lipinski definition) is 1. The minimum atomic E-state index is 0.419. The number of aromatic nitrogens is 6. The van der Waals surface area contributed by atoms with Gasteiger partial charge in [-0.2, -0.15) is 15.2 Å². The third-order valence-electron chi connectivity index (χ3n) is 3.16. The van der Waals surface area contributed by atoms with Gasteiger partial charge in [0.05, 0.1) is 11.7 Å². The number of fused-ring (bicyclic) bond motifs is 1. The van der Waals surface area contributed by atoms with Crippen LogP contribution in [0.5, 0.6) is 0 Å². The molecule has 3 aromatic heterocycles. The number of aryl methyl sites for hydroxylation is 1. The SMILES string of the molecule is Cn1ncc2ccc(-c3noc(-c4ccn[nH]4)n3)cc21. The zero-order valence-electron chi connectivity index (χ0n) is 10.6. The first-order valence-electron chi connectivity index (χ1n) is 6.07. The van der Waals surface area contributed by atoms with Crippen LogP contribution in [-0.4, -0.2) is 30.1 Å². The number of nitrogens with one attached hydrogen (secondary N) is 1. The number of benzene rings is 1. The molecule has 0 aliphatic rings. The van der Waals surface area contributed by atoms with Gasteiger partial charge in [0.25, 0.3) is 5.89 Å². The Bertz CT molecular complexity index is 873. The molecule has 0 spiro atoms. The summed E-state index contributed by atoms with van der Waals surface area (Å²) in [6.45, 7) is 0. The average Bonchev–Trinajstić information content (AvgIpc) is 3.18. The summed E-state index contributed by atoms with van der Waals surface area (Å²) in [5.41, 5.74) is 2.61. The van der Waals surface area contributed by atoms with E-state index in [-0.39, 0.29) is 0 Å². The normalized spacial score (nSPS) is 11.2. The van der Waals surface area contributed by atoms with Crippen molar-refractivity contribution < 1.29 is 4.52 Å². The minimum Gasteiger partial charge on any atom is -0.332 e. The van der Waals surface area contributed by atoms with Crippen LogP contribution in [0.4, 0.5) is 0 Å². The quantitative estimate of drug-likeness (QED) is 0.600. The van der Waals surface area contributed by atoms with Gasteiger partial charge in [-0.1, -0.05) is 17.3 Å². The van der Waals surface area contributed by atoms with E-state index in [1.54, 1.807) is 12.3 Å². The summed E-state index contributed by atoms with van der Waals surface area (Å²) < 4.78 is 7.05. The molecular weight excluding hydrogens is 256 g/mol. The second-order valence-corrected chi connectivity index (χ2v) is 4.44. The minimum absolute atomic E-state index is 0.419. The molecule has 0 aliphatic heterocycles. The van der Waals surface area contributed by atoms with Gasteiger partial charge in [-0.05, 0) is 12.1 Å². The van der Waals surface area contributed by atoms with Gasteiger partial charge in [0.2, 0.25) is 5.82 Å². The highest BCUT2D eigenvalue weighted by molar-refractivity contribution is 5.83. The zero-order chi connectivity index (χ0) is 13.5. The Kier molecular flexibility index (Phi) is 2.19. The van der Waals surface area contributed by atoms with Crippen LogP contribution in [0.3, 0.4) is 0 Å². The first-order valence-corrected chi connectivity index (χ1v) is 6.07. The van der Waals surface area contributed by atoms with Gasteiger partial charge in [-0.3, -0.25) is 9.78 Å². The van der Waals surface area contributed by atoms with E-state index in [2.05, 4.69) is 25.4 Å². The van der Waals surface area contributed by atoms with E-state index in [9.17, 15) is 0 Å². The molecule has 0 unspecified atom stereocenters. The molecule has 0 radical (unpaired) electrons. The highest BCUT2D eigenvalue weighted by Gasteiger charge is 2.12. The fourth-order valence-corrected chi connectivity index (χ4v) is 2.11. The summed E-state index contributed by atoms with van der Waals surface area (Å²) in [5.74, 6) is 0.959. The largest absolute Gasteiger partial charge is 0.332 e. The lowest BCUT2D eigenvalue weighted by atomic mass is 10.1. The van der Waals surface area contributed by atoms with E-state index < -0.39 is 0 Å². The maximum atomic E-state index is 5.23. The van der Waals surface area contributed by atoms with Crippen molar-refractivity contribution in [3.8, 4) is 23.0 Å². The molecule has 0 amide bonds. The van der Waals surface area contributed by atoms with Crippen molar-refractivity contribution in [3.05, 3.63) is 36.7 Å². The van der Waals surface area contributed by atoms with E-state index in [0.29, 0.717) is 17.4 Å². The van der Waals surface area contributed by atoms with Gasteiger partial charge in [-0.15, -0.1) is 0 Å². The van der Waals surface area contributed by atoms with Gasteiger partial charge in [0.15, 0.2) is 0 Å². The first-order chi connectivity index (χ1) is 9.81. The van der Waals surface area contributed by atoms with Crippen LogP contribution in [0.15, 0.2) is 41.2 Å². The third kappa shape index (κ3) is 1.60. The average molecular weight is 266 g/mol. The predicted molar refractivity (Wildman–Crippen MR) is 71.6 cm³/mol. The molecule has 1 aromatic carbocycles. The Morgan fingerprint density at radius 1 is 1.25 bits per heavy atom. The van der Waals surface area contributed by atoms with Gasteiger partial charge in [0, 0.05) is 24.2 Å². The van der Waals surface area contributed by atoms with Gasteiger partial charge in [0.1, 0.15) is 5.69 Å². The maximum absolute atomic E-state index is 5.23. The van der Waals surface area contributed by atoms with Crippen LogP contribution < -0.4 is 0 Å². The third-order valence-corrected chi connectivity index (χ3v) is 3.16. The van der Waals surface area contributed by atoms with Crippen LogP contribution in [-0.2, 0) is 7.05 Å². The summed E-state index contributed by atoms with van der Waals surface area (Å²) in [4.78, 5) is 4.37. The molecule has 7 nitrogen and oxygen atoms in total. The molecule has 0 saturated heterocycles. The molecule has 98 valence electrons. The van der Waals surface area contributed by atoms with E-state index >= 15 is 0 Å². The monoisotopic (exact) mass is 266 g/mol. The van der Waals surface area contributed by atoms with Crippen LogP contribution in [0.2, 0.25) is 0 Å². The van der Waals surface area contributed by atoms with Gasteiger partial charge >= 0.3 is 0 Å². The molecule has 7 heteroatoms. The van der Waals surface area contributed by atoms with E-state index in [0.717, 1.165) is 16.5 Å². The standard InChI is InChI=1S/C13H10N6O/c1-19-11-6-8(2-3-9(11)7-15-19)12-16-13(20-18-12)10-4-5-14-17-10/h2-7H,1H3,(H,14,17). The lowest BCUT2D eigenvalue weighted by Crippen LogP contribution is -1.89. The lowest BCUT2D eigenvalue weighted by molar-refractivity contribution is 0.431. The Morgan fingerprint density at radius 3 is 3.05 bits per heavy atom. The van der Waals surface area contributed by atoms with Crippen LogP contribution in [0.25, 0.3) is 33.9 Å². The molecular formula is C13H10N6O. The molecule has 1 N–H and O–H groups in total. The Labute approximate surface area is 113 Å². The Morgan fingerprint density at radius 2 is 2.20 bits per heavy atom. The highest BCUT2D eigenvalue weighted by Crippen LogP contribution is 2.24. The maximum Gasteiger partial charge on any atom is 0.276 e. The van der Waals surface area contributed by atoms with Gasteiger partial charge in [-0.25, -0.2) is 0 Å². The fraction of sp³-hybridized carbons (Fsp3) is 0.0769. The molecule has 0 aliphatic carbocycles.